The summed E-state index contributed by atoms with van der Waals surface area (Å²) in [6, 6.07) is 29.0. The second-order valence-corrected chi connectivity index (χ2v) is 7.45. The van der Waals surface area contributed by atoms with E-state index in [0.29, 0.717) is 0 Å². The Morgan fingerprint density at radius 1 is 0.931 bits per heavy atom. The third-order valence-electron chi connectivity index (χ3n) is 5.53. The van der Waals surface area contributed by atoms with Crippen molar-refractivity contribution in [3.8, 4) is 11.3 Å². The first-order valence-electron chi connectivity index (χ1n) is 9.98. The SMILES string of the molecule is C[C@H]([NH2+]C[C@H](c1ccccc1)c1c(-c2ccccc2)[nH]c2ccccc12)C(N)=O. The third-order valence-corrected chi connectivity index (χ3v) is 5.53. The van der Waals surface area contributed by atoms with Crippen molar-refractivity contribution in [2.75, 3.05) is 6.54 Å². The van der Waals surface area contributed by atoms with Gasteiger partial charge in [0.1, 0.15) is 0 Å². The monoisotopic (exact) mass is 384 g/mol. The van der Waals surface area contributed by atoms with E-state index in [4.69, 9.17) is 5.73 Å². The molecule has 0 spiro atoms. The van der Waals surface area contributed by atoms with E-state index in [9.17, 15) is 4.79 Å². The average Bonchev–Trinajstić information content (AvgIpc) is 3.14. The smallest absolute Gasteiger partial charge is 0.275 e. The number of hydrogen-bond donors (Lipinski definition) is 3. The number of amides is 1. The van der Waals surface area contributed by atoms with Gasteiger partial charge in [0.2, 0.25) is 0 Å². The second-order valence-electron chi connectivity index (χ2n) is 7.45. The minimum atomic E-state index is -0.293. The lowest BCUT2D eigenvalue weighted by Gasteiger charge is -2.20. The summed E-state index contributed by atoms with van der Waals surface area (Å²) in [5.41, 5.74) is 11.4. The molecule has 0 radical (unpaired) electrons. The summed E-state index contributed by atoms with van der Waals surface area (Å²) in [7, 11) is 0. The number of benzene rings is 3. The lowest BCUT2D eigenvalue weighted by molar-refractivity contribution is -0.674. The van der Waals surface area contributed by atoms with E-state index in [1.807, 2.05) is 24.4 Å². The van der Waals surface area contributed by atoms with Crippen molar-refractivity contribution >= 4 is 16.8 Å². The highest BCUT2D eigenvalue weighted by molar-refractivity contribution is 5.92. The maximum absolute atomic E-state index is 11.6. The number of H-pyrrole nitrogens is 1. The van der Waals surface area contributed by atoms with Crippen LogP contribution in [-0.4, -0.2) is 23.5 Å². The molecule has 0 bridgehead atoms. The number of nitrogens with two attached hydrogens (primary N) is 2. The van der Waals surface area contributed by atoms with Crippen molar-refractivity contribution in [1.82, 2.24) is 4.98 Å². The van der Waals surface area contributed by atoms with Crippen molar-refractivity contribution in [3.63, 3.8) is 0 Å². The van der Waals surface area contributed by atoms with E-state index < -0.39 is 0 Å². The normalized spacial score (nSPS) is 13.3. The summed E-state index contributed by atoms with van der Waals surface area (Å²) in [4.78, 5) is 15.3. The molecule has 5 N–H and O–H groups in total. The van der Waals surface area contributed by atoms with Crippen LogP contribution in [0, 0.1) is 0 Å². The molecule has 1 amide bonds. The van der Waals surface area contributed by atoms with Gasteiger partial charge in [-0.05, 0) is 29.7 Å². The van der Waals surface area contributed by atoms with Crippen LogP contribution in [0.25, 0.3) is 22.2 Å². The molecule has 0 fully saturated rings. The molecular formula is C25H26N3O+. The number of nitrogens with one attached hydrogen (secondary N) is 1. The fraction of sp³-hybridized carbons (Fsp3) is 0.160. The summed E-state index contributed by atoms with van der Waals surface area (Å²) in [5.74, 6) is -0.177. The van der Waals surface area contributed by atoms with Crippen LogP contribution in [0.15, 0.2) is 84.9 Å². The van der Waals surface area contributed by atoms with Gasteiger partial charge in [-0.2, -0.15) is 0 Å². The van der Waals surface area contributed by atoms with Crippen LogP contribution >= 0.6 is 0 Å². The summed E-state index contributed by atoms with van der Waals surface area (Å²) in [5, 5.41) is 3.25. The average molecular weight is 385 g/mol. The molecule has 4 heteroatoms. The Kier molecular flexibility index (Phi) is 5.45. The van der Waals surface area contributed by atoms with E-state index in [1.54, 1.807) is 0 Å². The van der Waals surface area contributed by atoms with Crippen LogP contribution in [-0.2, 0) is 4.79 Å². The molecule has 0 unspecified atom stereocenters. The number of hydrogen-bond acceptors (Lipinski definition) is 1. The topological polar surface area (TPSA) is 75.5 Å². The molecule has 29 heavy (non-hydrogen) atoms. The Labute approximate surface area is 170 Å². The highest BCUT2D eigenvalue weighted by Crippen LogP contribution is 2.38. The number of aromatic nitrogens is 1. The van der Waals surface area contributed by atoms with Gasteiger partial charge in [0.15, 0.2) is 6.04 Å². The molecule has 1 aromatic heterocycles. The maximum atomic E-state index is 11.6. The van der Waals surface area contributed by atoms with Gasteiger partial charge in [0.25, 0.3) is 5.91 Å². The van der Waals surface area contributed by atoms with Crippen LogP contribution in [0.5, 0.6) is 0 Å². The van der Waals surface area contributed by atoms with E-state index in [2.05, 4.69) is 77.8 Å². The molecule has 0 aliphatic rings. The van der Waals surface area contributed by atoms with E-state index in [-0.39, 0.29) is 17.9 Å². The molecule has 146 valence electrons. The van der Waals surface area contributed by atoms with Gasteiger partial charge in [0, 0.05) is 10.9 Å². The largest absolute Gasteiger partial charge is 0.365 e. The van der Waals surface area contributed by atoms with Gasteiger partial charge in [-0.3, -0.25) is 4.79 Å². The van der Waals surface area contributed by atoms with Gasteiger partial charge in [-0.1, -0.05) is 78.9 Å². The van der Waals surface area contributed by atoms with Gasteiger partial charge >= 0.3 is 0 Å². The van der Waals surface area contributed by atoms with Gasteiger partial charge in [-0.15, -0.1) is 0 Å². The first kappa shape index (κ1) is 19.0. The predicted octanol–water partition coefficient (Wildman–Crippen LogP) is 3.40. The fourth-order valence-corrected chi connectivity index (χ4v) is 3.92. The molecule has 3 aromatic carbocycles. The molecule has 0 saturated heterocycles. The minimum Gasteiger partial charge on any atom is -0.365 e. The third kappa shape index (κ3) is 3.93. The first-order valence-corrected chi connectivity index (χ1v) is 9.98. The molecule has 1 heterocycles. The van der Waals surface area contributed by atoms with Crippen LogP contribution in [0.2, 0.25) is 0 Å². The van der Waals surface area contributed by atoms with Crippen LogP contribution in [0.1, 0.15) is 24.0 Å². The summed E-state index contributed by atoms with van der Waals surface area (Å²) in [6.07, 6.45) is 0. The zero-order valence-corrected chi connectivity index (χ0v) is 16.5. The van der Waals surface area contributed by atoms with Gasteiger partial charge in [0.05, 0.1) is 18.2 Å². The number of carbonyl (C=O) groups is 1. The number of para-hydroxylation sites is 1. The Balaban J connectivity index is 1.88. The molecule has 0 aliphatic carbocycles. The Morgan fingerprint density at radius 2 is 1.55 bits per heavy atom. The fourth-order valence-electron chi connectivity index (χ4n) is 3.92. The summed E-state index contributed by atoms with van der Waals surface area (Å²) in [6.45, 7) is 2.59. The number of quaternary nitrogens is 1. The van der Waals surface area contributed by atoms with Crippen molar-refractivity contribution in [2.45, 2.75) is 18.9 Å². The van der Waals surface area contributed by atoms with Crippen LogP contribution in [0.3, 0.4) is 0 Å². The number of aromatic amines is 1. The van der Waals surface area contributed by atoms with E-state index >= 15 is 0 Å². The van der Waals surface area contributed by atoms with Crippen LogP contribution < -0.4 is 11.1 Å². The van der Waals surface area contributed by atoms with Crippen LogP contribution in [0.4, 0.5) is 0 Å². The molecule has 0 aliphatic heterocycles. The Morgan fingerprint density at radius 3 is 2.24 bits per heavy atom. The Hall–Kier alpha value is -3.37. The summed E-state index contributed by atoms with van der Waals surface area (Å²) >= 11 is 0. The van der Waals surface area contributed by atoms with Crippen molar-refractivity contribution in [1.29, 1.82) is 0 Å². The molecule has 4 rings (SSSR count). The number of rotatable bonds is 7. The Bertz CT molecular complexity index is 1100. The second kappa shape index (κ2) is 8.33. The molecular weight excluding hydrogens is 358 g/mol. The quantitative estimate of drug-likeness (QED) is 0.449. The lowest BCUT2D eigenvalue weighted by atomic mass is 9.87. The van der Waals surface area contributed by atoms with E-state index in [1.165, 1.54) is 16.5 Å². The maximum Gasteiger partial charge on any atom is 0.275 e. The number of primary amides is 1. The van der Waals surface area contributed by atoms with Crippen molar-refractivity contribution in [2.24, 2.45) is 5.73 Å². The highest BCUT2D eigenvalue weighted by Gasteiger charge is 2.26. The number of carbonyl (C=O) groups excluding carboxylic acids is 1. The van der Waals surface area contributed by atoms with Gasteiger partial charge in [-0.25, -0.2) is 0 Å². The van der Waals surface area contributed by atoms with Crippen molar-refractivity contribution in [3.05, 3.63) is 96.1 Å². The van der Waals surface area contributed by atoms with Crippen molar-refractivity contribution < 1.29 is 10.1 Å². The molecule has 4 nitrogen and oxygen atoms in total. The lowest BCUT2D eigenvalue weighted by Crippen LogP contribution is -2.92. The highest BCUT2D eigenvalue weighted by atomic mass is 16.1. The zero-order valence-electron chi connectivity index (χ0n) is 16.5. The molecule has 2 atom stereocenters. The van der Waals surface area contributed by atoms with E-state index in [0.717, 1.165) is 23.3 Å². The minimum absolute atomic E-state index is 0.115. The predicted molar refractivity (Wildman–Crippen MR) is 117 cm³/mol. The zero-order chi connectivity index (χ0) is 20.2. The standard InChI is InChI=1S/C25H25N3O/c1-17(25(26)29)27-16-21(18-10-4-2-5-11-18)23-20-14-8-9-15-22(20)28-24(23)19-12-6-3-7-13-19/h2-15,17,21,27-28H,16H2,1H3,(H2,26,29)/p+1/t17-,21+/m0/s1. The van der Waals surface area contributed by atoms with Gasteiger partial charge < -0.3 is 16.0 Å². The molecule has 4 aromatic rings. The first-order chi connectivity index (χ1) is 14.1. The molecule has 0 saturated carbocycles. The number of fused-ring (bicyclic) bond motifs is 1. The summed E-state index contributed by atoms with van der Waals surface area (Å²) < 4.78 is 0.